The molecule has 1 aromatic carbocycles. The molecule has 0 amide bonds. The minimum absolute atomic E-state index is 0.00268. The monoisotopic (exact) mass is 352 g/mol. The van der Waals surface area contributed by atoms with Gasteiger partial charge in [0.2, 0.25) is 5.95 Å². The van der Waals surface area contributed by atoms with Crippen LogP contribution in [0.2, 0.25) is 0 Å². The lowest BCUT2D eigenvalue weighted by Crippen LogP contribution is -2.46. The first-order chi connectivity index (χ1) is 12.7. The van der Waals surface area contributed by atoms with Gasteiger partial charge in [-0.3, -0.25) is 0 Å². The van der Waals surface area contributed by atoms with Crippen LogP contribution in [0.1, 0.15) is 30.4 Å². The Balaban J connectivity index is 1.31. The van der Waals surface area contributed by atoms with E-state index in [2.05, 4.69) is 50.5 Å². The highest BCUT2D eigenvalue weighted by Crippen LogP contribution is 2.35. The Morgan fingerprint density at radius 3 is 2.85 bits per heavy atom. The first-order valence-corrected chi connectivity index (χ1v) is 9.66. The lowest BCUT2D eigenvalue weighted by molar-refractivity contribution is -0.0733. The number of hydrogen-bond acceptors (Lipinski definition) is 5. The summed E-state index contributed by atoms with van der Waals surface area (Å²) >= 11 is 0. The van der Waals surface area contributed by atoms with Gasteiger partial charge in [-0.1, -0.05) is 30.3 Å². The van der Waals surface area contributed by atoms with Crippen LogP contribution in [0.4, 0.5) is 5.95 Å². The number of benzene rings is 1. The number of aryl methyl sites for hydroxylation is 1. The van der Waals surface area contributed by atoms with Gasteiger partial charge in [0.05, 0.1) is 5.60 Å². The normalized spacial score (nSPS) is 26.3. The number of rotatable bonds is 5. The highest BCUT2D eigenvalue weighted by atomic mass is 16.5. The SMILES string of the molecule is Cc1cnc(N[C@H]2CCO[C@@]3(CCN(CCc4ccccc4)C3)C2)nc1. The molecule has 2 aliphatic rings. The van der Waals surface area contributed by atoms with Crippen molar-refractivity contribution in [3.8, 4) is 0 Å². The predicted molar refractivity (Wildman–Crippen MR) is 103 cm³/mol. The fraction of sp³-hybridized carbons (Fsp3) is 0.524. The fourth-order valence-electron chi connectivity index (χ4n) is 4.14. The highest BCUT2D eigenvalue weighted by molar-refractivity contribution is 5.26. The maximum absolute atomic E-state index is 6.27. The van der Waals surface area contributed by atoms with Gasteiger partial charge in [-0.15, -0.1) is 0 Å². The van der Waals surface area contributed by atoms with Crippen molar-refractivity contribution in [3.63, 3.8) is 0 Å². The molecule has 2 saturated heterocycles. The molecular weight excluding hydrogens is 324 g/mol. The molecule has 0 unspecified atom stereocenters. The minimum atomic E-state index is -0.00268. The van der Waals surface area contributed by atoms with Gasteiger partial charge >= 0.3 is 0 Å². The van der Waals surface area contributed by atoms with E-state index in [0.29, 0.717) is 6.04 Å². The molecule has 4 rings (SSSR count). The molecule has 1 aromatic heterocycles. The van der Waals surface area contributed by atoms with Crippen molar-refractivity contribution in [1.82, 2.24) is 14.9 Å². The van der Waals surface area contributed by atoms with Gasteiger partial charge in [-0.25, -0.2) is 9.97 Å². The molecule has 1 spiro atoms. The average molecular weight is 352 g/mol. The quantitative estimate of drug-likeness (QED) is 0.896. The van der Waals surface area contributed by atoms with Crippen LogP contribution in [-0.2, 0) is 11.2 Å². The summed E-state index contributed by atoms with van der Waals surface area (Å²) < 4.78 is 6.27. The van der Waals surface area contributed by atoms with Crippen molar-refractivity contribution < 1.29 is 4.74 Å². The molecule has 138 valence electrons. The first-order valence-electron chi connectivity index (χ1n) is 9.66. The van der Waals surface area contributed by atoms with Gasteiger partial charge in [-0.05, 0) is 43.7 Å². The van der Waals surface area contributed by atoms with Crippen LogP contribution in [0.15, 0.2) is 42.7 Å². The zero-order valence-electron chi connectivity index (χ0n) is 15.5. The Kier molecular flexibility index (Phi) is 5.18. The lowest BCUT2D eigenvalue weighted by atomic mass is 9.89. The molecule has 5 nitrogen and oxygen atoms in total. The molecule has 2 aliphatic heterocycles. The number of likely N-dealkylation sites (tertiary alicyclic amines) is 1. The number of hydrogen-bond donors (Lipinski definition) is 1. The van der Waals surface area contributed by atoms with E-state index in [0.717, 1.165) is 63.4 Å². The molecule has 2 fully saturated rings. The van der Waals surface area contributed by atoms with E-state index in [9.17, 15) is 0 Å². The second kappa shape index (κ2) is 7.72. The summed E-state index contributed by atoms with van der Waals surface area (Å²) in [7, 11) is 0. The van der Waals surface area contributed by atoms with Gasteiger partial charge in [-0.2, -0.15) is 0 Å². The summed E-state index contributed by atoms with van der Waals surface area (Å²) in [5, 5.41) is 3.51. The van der Waals surface area contributed by atoms with Crippen LogP contribution in [-0.4, -0.2) is 52.8 Å². The zero-order chi connectivity index (χ0) is 17.8. The standard InChI is InChI=1S/C21H28N4O/c1-17-14-22-20(23-15-17)24-19-8-12-26-21(13-19)9-11-25(16-21)10-7-18-5-3-2-4-6-18/h2-6,14-15,19H,7-13,16H2,1H3,(H,22,23,24)/t19-,21-/m0/s1. The van der Waals surface area contributed by atoms with Crippen LogP contribution in [0.25, 0.3) is 0 Å². The van der Waals surface area contributed by atoms with E-state index in [1.807, 2.05) is 19.3 Å². The van der Waals surface area contributed by atoms with Gasteiger partial charge in [0.1, 0.15) is 0 Å². The molecule has 0 radical (unpaired) electrons. The molecule has 2 atom stereocenters. The lowest BCUT2D eigenvalue weighted by Gasteiger charge is -2.38. The van der Waals surface area contributed by atoms with Gasteiger partial charge in [0.25, 0.3) is 0 Å². The third kappa shape index (κ3) is 4.22. The first kappa shape index (κ1) is 17.4. The molecular formula is C21H28N4O. The number of ether oxygens (including phenoxy) is 1. The molecule has 0 bridgehead atoms. The van der Waals surface area contributed by atoms with E-state index in [1.165, 1.54) is 5.56 Å². The van der Waals surface area contributed by atoms with Crippen molar-refractivity contribution in [3.05, 3.63) is 53.9 Å². The second-order valence-electron chi connectivity index (χ2n) is 7.71. The summed E-state index contributed by atoms with van der Waals surface area (Å²) in [6.45, 7) is 6.09. The minimum Gasteiger partial charge on any atom is -0.373 e. The second-order valence-corrected chi connectivity index (χ2v) is 7.71. The van der Waals surface area contributed by atoms with Crippen LogP contribution >= 0.6 is 0 Å². The van der Waals surface area contributed by atoms with Crippen LogP contribution in [0, 0.1) is 6.92 Å². The summed E-state index contributed by atoms with van der Waals surface area (Å²) in [4.78, 5) is 11.3. The molecule has 0 saturated carbocycles. The van der Waals surface area contributed by atoms with E-state index >= 15 is 0 Å². The van der Waals surface area contributed by atoms with Gasteiger partial charge in [0, 0.05) is 44.7 Å². The van der Waals surface area contributed by atoms with E-state index < -0.39 is 0 Å². The van der Waals surface area contributed by atoms with Gasteiger partial charge < -0.3 is 15.0 Å². The molecule has 1 N–H and O–H groups in total. The van der Waals surface area contributed by atoms with Gasteiger partial charge in [0.15, 0.2) is 0 Å². The largest absolute Gasteiger partial charge is 0.373 e. The molecule has 26 heavy (non-hydrogen) atoms. The maximum atomic E-state index is 6.27. The predicted octanol–water partition coefficient (Wildman–Crippen LogP) is 3.06. The highest BCUT2D eigenvalue weighted by Gasteiger charge is 2.43. The Hall–Kier alpha value is -1.98. The van der Waals surface area contributed by atoms with E-state index in [-0.39, 0.29) is 5.60 Å². The number of aromatic nitrogens is 2. The zero-order valence-corrected chi connectivity index (χ0v) is 15.5. The summed E-state index contributed by atoms with van der Waals surface area (Å²) in [5.41, 5.74) is 2.50. The fourth-order valence-corrected chi connectivity index (χ4v) is 4.14. The molecule has 3 heterocycles. The van der Waals surface area contributed by atoms with E-state index in [4.69, 9.17) is 4.74 Å². The summed E-state index contributed by atoms with van der Waals surface area (Å²) in [6.07, 6.45) is 8.01. The van der Waals surface area contributed by atoms with Crippen molar-refractivity contribution in [2.75, 3.05) is 31.6 Å². The van der Waals surface area contributed by atoms with Crippen molar-refractivity contribution in [2.24, 2.45) is 0 Å². The van der Waals surface area contributed by atoms with Crippen LogP contribution < -0.4 is 5.32 Å². The summed E-state index contributed by atoms with van der Waals surface area (Å²) in [6, 6.07) is 11.1. The molecule has 0 aliphatic carbocycles. The number of nitrogens with zero attached hydrogens (tertiary/aromatic N) is 3. The smallest absolute Gasteiger partial charge is 0.222 e. The van der Waals surface area contributed by atoms with Crippen LogP contribution in [0.3, 0.4) is 0 Å². The third-order valence-corrected chi connectivity index (χ3v) is 5.56. The Labute approximate surface area is 155 Å². The maximum Gasteiger partial charge on any atom is 0.222 e. The van der Waals surface area contributed by atoms with Crippen LogP contribution in [0.5, 0.6) is 0 Å². The van der Waals surface area contributed by atoms with Crippen molar-refractivity contribution in [1.29, 1.82) is 0 Å². The van der Waals surface area contributed by atoms with Crippen molar-refractivity contribution in [2.45, 2.75) is 44.2 Å². The average Bonchev–Trinajstić information content (AvgIpc) is 3.05. The molecule has 2 aromatic rings. The Bertz CT molecular complexity index is 706. The number of anilines is 1. The Morgan fingerprint density at radius 1 is 1.23 bits per heavy atom. The van der Waals surface area contributed by atoms with E-state index in [1.54, 1.807) is 0 Å². The van der Waals surface area contributed by atoms with Crippen molar-refractivity contribution >= 4 is 5.95 Å². The molecule has 5 heteroatoms. The third-order valence-electron chi connectivity index (χ3n) is 5.56. The topological polar surface area (TPSA) is 50.3 Å². The summed E-state index contributed by atoms with van der Waals surface area (Å²) in [5.74, 6) is 0.733. The Morgan fingerprint density at radius 2 is 2.04 bits per heavy atom. The number of nitrogens with one attached hydrogen (secondary N) is 1.